The van der Waals surface area contributed by atoms with Crippen molar-refractivity contribution in [3.8, 4) is 0 Å². The number of anilines is 2. The Morgan fingerprint density at radius 3 is 2.38 bits per heavy atom. The number of carbonyl (C=O) groups is 3. The summed E-state index contributed by atoms with van der Waals surface area (Å²) in [5.74, 6) is -0.344. The van der Waals surface area contributed by atoms with Crippen LogP contribution in [0.15, 0.2) is 41.4 Å². The summed E-state index contributed by atoms with van der Waals surface area (Å²) in [6.07, 6.45) is 1.92. The van der Waals surface area contributed by atoms with Crippen molar-refractivity contribution in [2.24, 2.45) is 0 Å². The molecule has 2 aromatic rings. The minimum absolute atomic E-state index is 0.0626. The van der Waals surface area contributed by atoms with Crippen LogP contribution in [0.5, 0.6) is 0 Å². The van der Waals surface area contributed by atoms with E-state index in [2.05, 4.69) is 19.9 Å². The van der Waals surface area contributed by atoms with Gasteiger partial charge in [0.25, 0.3) is 0 Å². The smallest absolute Gasteiger partial charge is 0.339 e. The molecule has 5 rings (SSSR count). The van der Waals surface area contributed by atoms with E-state index in [9.17, 15) is 22.8 Å². The lowest BCUT2D eigenvalue weighted by Gasteiger charge is -2.32. The van der Waals surface area contributed by atoms with E-state index >= 15 is 0 Å². The van der Waals surface area contributed by atoms with Crippen LogP contribution >= 0.6 is 0 Å². The summed E-state index contributed by atoms with van der Waals surface area (Å²) in [4.78, 5) is 47.1. The minimum Gasteiger partial charge on any atom is -0.465 e. The average Bonchev–Trinajstić information content (AvgIpc) is 3.51. The summed E-state index contributed by atoms with van der Waals surface area (Å²) in [5.41, 5.74) is 1.01. The van der Waals surface area contributed by atoms with Crippen LogP contribution in [0.4, 0.5) is 16.3 Å². The van der Waals surface area contributed by atoms with Gasteiger partial charge >= 0.3 is 12.0 Å². The van der Waals surface area contributed by atoms with Gasteiger partial charge < -0.3 is 14.5 Å². The molecule has 1 N–H and O–H groups in total. The SMILES string of the molecule is COC(=O)c1ccc(NC(=O)N2CC3(CCN(C(C)=O)C3)c3cc(S(=O)(=O)N4CCN(C)CC4)ccc32)nc1. The predicted octanol–water partition coefficient (Wildman–Crippen LogP) is 1.35. The number of pyridine rings is 1. The Kier molecular flexibility index (Phi) is 7.08. The molecular weight excluding hydrogens is 524 g/mol. The van der Waals surface area contributed by atoms with Crippen molar-refractivity contribution in [1.29, 1.82) is 0 Å². The molecule has 3 amide bonds. The van der Waals surface area contributed by atoms with E-state index in [1.165, 1.54) is 36.7 Å². The van der Waals surface area contributed by atoms with E-state index in [1.807, 2.05) is 7.05 Å². The van der Waals surface area contributed by atoms with Crippen LogP contribution in [0.25, 0.3) is 0 Å². The highest BCUT2D eigenvalue weighted by Crippen LogP contribution is 2.47. The number of hydrogen-bond donors (Lipinski definition) is 1. The normalized spacial score (nSPS) is 21.7. The van der Waals surface area contributed by atoms with Gasteiger partial charge in [-0.15, -0.1) is 0 Å². The highest BCUT2D eigenvalue weighted by atomic mass is 32.2. The van der Waals surface area contributed by atoms with E-state index in [-0.39, 0.29) is 28.7 Å². The molecule has 0 saturated carbocycles. The number of aromatic nitrogens is 1. The molecule has 1 aromatic carbocycles. The van der Waals surface area contributed by atoms with Gasteiger partial charge in [0.2, 0.25) is 15.9 Å². The van der Waals surface area contributed by atoms with Gasteiger partial charge in [0.15, 0.2) is 0 Å². The molecule has 1 aromatic heterocycles. The van der Waals surface area contributed by atoms with Gasteiger partial charge in [-0.2, -0.15) is 4.31 Å². The Morgan fingerprint density at radius 2 is 1.77 bits per heavy atom. The molecular formula is C26H32N6O6S. The summed E-state index contributed by atoms with van der Waals surface area (Å²) in [6, 6.07) is 7.48. The van der Waals surface area contributed by atoms with Crippen molar-refractivity contribution in [1.82, 2.24) is 19.1 Å². The molecule has 0 radical (unpaired) electrons. The lowest BCUT2D eigenvalue weighted by Crippen LogP contribution is -2.47. The fourth-order valence-corrected chi connectivity index (χ4v) is 6.99. The standard InChI is InChI=1S/C26H32N6O6S/c1-18(33)30-9-8-26(16-30)17-32(25(35)28-23-7-4-19(15-27-23)24(34)38-3)22-6-5-20(14-21(22)26)39(36,37)31-12-10-29(2)11-13-31/h4-7,14-15H,8-13,16-17H2,1-3H3,(H,27,28,35). The number of fused-ring (bicyclic) bond motifs is 2. The largest absolute Gasteiger partial charge is 0.465 e. The van der Waals surface area contributed by atoms with Crippen LogP contribution in [-0.2, 0) is 25.0 Å². The van der Waals surface area contributed by atoms with Crippen molar-refractivity contribution in [2.75, 3.05) is 70.2 Å². The van der Waals surface area contributed by atoms with Gasteiger partial charge in [-0.05, 0) is 49.4 Å². The number of nitrogens with zero attached hydrogens (tertiary/aromatic N) is 5. The topological polar surface area (TPSA) is 132 Å². The average molecular weight is 557 g/mol. The molecule has 1 unspecified atom stereocenters. The number of carbonyl (C=O) groups excluding carboxylic acids is 3. The zero-order chi connectivity index (χ0) is 27.9. The Labute approximate surface area is 227 Å². The highest BCUT2D eigenvalue weighted by Gasteiger charge is 2.50. The summed E-state index contributed by atoms with van der Waals surface area (Å²) >= 11 is 0. The lowest BCUT2D eigenvalue weighted by molar-refractivity contribution is -0.127. The third-order valence-electron chi connectivity index (χ3n) is 7.85. The minimum atomic E-state index is -3.72. The maximum atomic E-state index is 13.5. The molecule has 0 aliphatic carbocycles. The number of urea groups is 1. The number of ether oxygens (including phenoxy) is 1. The van der Waals surface area contributed by atoms with Crippen molar-refractivity contribution >= 4 is 39.4 Å². The number of benzene rings is 1. The maximum absolute atomic E-state index is 13.5. The zero-order valence-electron chi connectivity index (χ0n) is 22.2. The number of nitrogens with one attached hydrogen (secondary N) is 1. The quantitative estimate of drug-likeness (QED) is 0.558. The molecule has 13 heteroatoms. The van der Waals surface area contributed by atoms with Gasteiger partial charge in [-0.3, -0.25) is 15.0 Å². The van der Waals surface area contributed by atoms with Crippen LogP contribution in [0.1, 0.15) is 29.3 Å². The number of methoxy groups -OCH3 is 1. The molecule has 2 fully saturated rings. The predicted molar refractivity (Wildman–Crippen MR) is 143 cm³/mol. The molecule has 3 aliphatic rings. The number of rotatable bonds is 4. The molecule has 12 nitrogen and oxygen atoms in total. The van der Waals surface area contributed by atoms with Gasteiger partial charge in [0.05, 0.1) is 17.6 Å². The maximum Gasteiger partial charge on any atom is 0.339 e. The van der Waals surface area contributed by atoms with Crippen molar-refractivity contribution in [2.45, 2.75) is 23.7 Å². The Balaban J connectivity index is 1.46. The van der Waals surface area contributed by atoms with Crippen molar-refractivity contribution in [3.63, 3.8) is 0 Å². The molecule has 1 atom stereocenters. The van der Waals surface area contributed by atoms with Gasteiger partial charge in [0.1, 0.15) is 5.82 Å². The second-order valence-electron chi connectivity index (χ2n) is 10.3. The Bertz CT molecular complexity index is 1410. The number of hydrogen-bond acceptors (Lipinski definition) is 8. The van der Waals surface area contributed by atoms with Crippen LogP contribution in [0.3, 0.4) is 0 Å². The third kappa shape index (κ3) is 4.97. The summed E-state index contributed by atoms with van der Waals surface area (Å²) in [5, 5.41) is 2.76. The number of sulfonamides is 1. The number of likely N-dealkylation sites (tertiary alicyclic amines) is 1. The van der Waals surface area contributed by atoms with Gasteiger partial charge in [-0.25, -0.2) is 23.0 Å². The van der Waals surface area contributed by atoms with E-state index in [1.54, 1.807) is 28.0 Å². The molecule has 3 aliphatic heterocycles. The molecule has 4 heterocycles. The summed E-state index contributed by atoms with van der Waals surface area (Å²) in [6.45, 7) is 4.85. The molecule has 0 bridgehead atoms. The van der Waals surface area contributed by atoms with Crippen molar-refractivity contribution < 1.29 is 27.5 Å². The summed E-state index contributed by atoms with van der Waals surface area (Å²) < 4.78 is 33.2. The fourth-order valence-electron chi connectivity index (χ4n) is 5.54. The Morgan fingerprint density at radius 1 is 1.03 bits per heavy atom. The molecule has 39 heavy (non-hydrogen) atoms. The first-order chi connectivity index (χ1) is 18.5. The van der Waals surface area contributed by atoms with Crippen molar-refractivity contribution in [3.05, 3.63) is 47.7 Å². The Hall–Kier alpha value is -3.55. The highest BCUT2D eigenvalue weighted by molar-refractivity contribution is 7.89. The van der Waals surface area contributed by atoms with Crippen LogP contribution in [-0.4, -0.2) is 105 Å². The van der Waals surface area contributed by atoms with E-state index < -0.39 is 27.4 Å². The number of piperazine rings is 1. The van der Waals surface area contributed by atoms with E-state index in [0.29, 0.717) is 51.4 Å². The zero-order valence-corrected chi connectivity index (χ0v) is 23.0. The van der Waals surface area contributed by atoms with Crippen LogP contribution < -0.4 is 10.2 Å². The van der Waals surface area contributed by atoms with Gasteiger partial charge in [-0.1, -0.05) is 0 Å². The number of amides is 3. The third-order valence-corrected chi connectivity index (χ3v) is 9.75. The van der Waals surface area contributed by atoms with E-state index in [4.69, 9.17) is 0 Å². The number of esters is 1. The first-order valence-electron chi connectivity index (χ1n) is 12.8. The lowest BCUT2D eigenvalue weighted by atomic mass is 9.81. The summed E-state index contributed by atoms with van der Waals surface area (Å²) in [7, 11) is -0.484. The first-order valence-corrected chi connectivity index (χ1v) is 14.2. The second-order valence-corrected chi connectivity index (χ2v) is 12.2. The number of likely N-dealkylation sites (N-methyl/N-ethyl adjacent to an activating group) is 1. The van der Waals surface area contributed by atoms with Crippen LogP contribution in [0.2, 0.25) is 0 Å². The molecule has 208 valence electrons. The first kappa shape index (κ1) is 27.0. The second kappa shape index (κ2) is 10.2. The molecule has 1 spiro atoms. The van der Waals surface area contributed by atoms with Crippen LogP contribution in [0, 0.1) is 0 Å². The monoisotopic (exact) mass is 556 g/mol. The van der Waals surface area contributed by atoms with Gasteiger partial charge in [0, 0.05) is 70.0 Å². The fraction of sp³-hybridized carbons (Fsp3) is 0.462. The van der Waals surface area contributed by atoms with E-state index in [0.717, 1.165) is 5.56 Å². The molecule has 2 saturated heterocycles.